The Kier molecular flexibility index (Phi) is 3.43. The lowest BCUT2D eigenvalue weighted by molar-refractivity contribution is -0.122. The van der Waals surface area contributed by atoms with Crippen LogP contribution in [0.2, 0.25) is 0 Å². The quantitative estimate of drug-likeness (QED) is 0.780. The summed E-state index contributed by atoms with van der Waals surface area (Å²) in [4.78, 5) is 11.7. The molecule has 1 amide bonds. The molecule has 4 aliphatic rings. The van der Waals surface area contributed by atoms with E-state index in [2.05, 4.69) is 25.2 Å². The van der Waals surface area contributed by atoms with Gasteiger partial charge in [-0.3, -0.25) is 4.79 Å². The van der Waals surface area contributed by atoms with E-state index in [1.54, 1.807) is 6.08 Å². The Labute approximate surface area is 137 Å². The zero-order valence-corrected chi connectivity index (χ0v) is 14.1. The summed E-state index contributed by atoms with van der Waals surface area (Å²) in [6, 6.07) is 0.224. The van der Waals surface area contributed by atoms with Crippen molar-refractivity contribution >= 4 is 5.91 Å². The first-order chi connectivity index (χ1) is 10.9. The molecule has 3 fully saturated rings. The standard InChI is InChI=1S/C19H28FNO2/c1-18-7-5-12-11(13(18)9-15(20)14(18)10-22)3-4-16-19(12,2)8-6-17(23)21-16/h6,8,11-16,22H,3-5,7,9-10H2,1-2H3,(H,21,23)/t11-,12+,13+,14+,15-,16-,18+,19-/m1/s1. The third kappa shape index (κ3) is 2.00. The number of hydrogen-bond donors (Lipinski definition) is 2. The van der Waals surface area contributed by atoms with E-state index in [1.165, 1.54) is 0 Å². The van der Waals surface area contributed by atoms with Crippen molar-refractivity contribution in [1.29, 1.82) is 0 Å². The highest BCUT2D eigenvalue weighted by Gasteiger charge is 2.62. The van der Waals surface area contributed by atoms with Crippen LogP contribution < -0.4 is 5.32 Å². The van der Waals surface area contributed by atoms with Crippen molar-refractivity contribution in [2.75, 3.05) is 6.61 Å². The van der Waals surface area contributed by atoms with Gasteiger partial charge in [0.1, 0.15) is 6.17 Å². The number of carbonyl (C=O) groups is 1. The predicted molar refractivity (Wildman–Crippen MR) is 86.3 cm³/mol. The SMILES string of the molecule is C[C@]12C=CC(=O)N[C@@H]1CC[C@@H]1[C@@H]2CC[C@@]2(C)[C@H]1C[C@@H](F)[C@@H]2CO. The minimum Gasteiger partial charge on any atom is -0.396 e. The summed E-state index contributed by atoms with van der Waals surface area (Å²) >= 11 is 0. The van der Waals surface area contributed by atoms with Gasteiger partial charge in [0.05, 0.1) is 0 Å². The van der Waals surface area contributed by atoms with Crippen LogP contribution in [0.5, 0.6) is 0 Å². The van der Waals surface area contributed by atoms with Crippen LogP contribution in [-0.4, -0.2) is 29.8 Å². The second kappa shape index (κ2) is 5.05. The molecule has 128 valence electrons. The highest BCUT2D eigenvalue weighted by molar-refractivity contribution is 5.89. The molecule has 2 N–H and O–H groups in total. The molecule has 0 saturated heterocycles. The molecule has 8 atom stereocenters. The number of nitrogens with one attached hydrogen (secondary N) is 1. The molecule has 3 aliphatic carbocycles. The number of hydrogen-bond acceptors (Lipinski definition) is 2. The maximum Gasteiger partial charge on any atom is 0.243 e. The first-order valence-electron chi connectivity index (χ1n) is 9.15. The largest absolute Gasteiger partial charge is 0.396 e. The van der Waals surface area contributed by atoms with Gasteiger partial charge in [-0.25, -0.2) is 4.39 Å². The molecule has 0 bridgehead atoms. The van der Waals surface area contributed by atoms with E-state index in [4.69, 9.17) is 0 Å². The van der Waals surface area contributed by atoms with Gasteiger partial charge in [-0.05, 0) is 61.3 Å². The van der Waals surface area contributed by atoms with E-state index < -0.39 is 6.17 Å². The summed E-state index contributed by atoms with van der Waals surface area (Å²) in [6.07, 6.45) is 7.70. The predicted octanol–water partition coefficient (Wildman–Crippen LogP) is 2.84. The van der Waals surface area contributed by atoms with E-state index in [9.17, 15) is 14.3 Å². The van der Waals surface area contributed by atoms with Crippen LogP contribution in [0.3, 0.4) is 0 Å². The molecule has 4 heteroatoms. The number of rotatable bonds is 1. The maximum atomic E-state index is 14.5. The van der Waals surface area contributed by atoms with Crippen LogP contribution in [0.4, 0.5) is 4.39 Å². The van der Waals surface area contributed by atoms with Gasteiger partial charge in [-0.2, -0.15) is 0 Å². The third-order valence-electron chi connectivity index (χ3n) is 8.08. The minimum absolute atomic E-state index is 0.00126. The van der Waals surface area contributed by atoms with Crippen molar-refractivity contribution in [2.45, 2.75) is 58.2 Å². The molecule has 0 aromatic carbocycles. The van der Waals surface area contributed by atoms with Crippen molar-refractivity contribution < 1.29 is 14.3 Å². The van der Waals surface area contributed by atoms with E-state index in [0.717, 1.165) is 25.7 Å². The molecule has 23 heavy (non-hydrogen) atoms. The second-order valence-electron chi connectivity index (χ2n) is 8.80. The minimum atomic E-state index is -0.860. The van der Waals surface area contributed by atoms with Gasteiger partial charge in [0.2, 0.25) is 5.91 Å². The highest BCUT2D eigenvalue weighted by Crippen LogP contribution is 2.65. The van der Waals surface area contributed by atoms with Crippen LogP contribution in [0.15, 0.2) is 12.2 Å². The number of amides is 1. The summed E-state index contributed by atoms with van der Waals surface area (Å²) in [6.45, 7) is 4.46. The monoisotopic (exact) mass is 321 g/mol. The lowest BCUT2D eigenvalue weighted by atomic mass is 9.48. The molecular weight excluding hydrogens is 293 g/mol. The molecule has 4 rings (SSSR count). The van der Waals surface area contributed by atoms with Crippen molar-refractivity contribution in [3.05, 3.63) is 12.2 Å². The van der Waals surface area contributed by atoms with E-state index in [1.807, 2.05) is 0 Å². The molecule has 1 heterocycles. The van der Waals surface area contributed by atoms with Crippen molar-refractivity contribution in [3.8, 4) is 0 Å². The molecule has 0 spiro atoms. The van der Waals surface area contributed by atoms with Crippen molar-refractivity contribution in [1.82, 2.24) is 5.32 Å². The zero-order chi connectivity index (χ0) is 16.4. The topological polar surface area (TPSA) is 49.3 Å². The fourth-order valence-electron chi connectivity index (χ4n) is 6.73. The van der Waals surface area contributed by atoms with Crippen LogP contribution in [0, 0.1) is 34.5 Å². The molecular formula is C19H28FNO2. The smallest absolute Gasteiger partial charge is 0.243 e. The number of carbonyl (C=O) groups excluding carboxylic acids is 1. The molecule has 3 saturated carbocycles. The third-order valence-corrected chi connectivity index (χ3v) is 8.08. The molecule has 0 unspecified atom stereocenters. The molecule has 0 aromatic heterocycles. The Morgan fingerprint density at radius 1 is 1.30 bits per heavy atom. The van der Waals surface area contributed by atoms with Crippen molar-refractivity contribution in [3.63, 3.8) is 0 Å². The Morgan fingerprint density at radius 3 is 2.83 bits per heavy atom. The Bertz CT molecular complexity index is 549. The van der Waals surface area contributed by atoms with Gasteiger partial charge in [0, 0.05) is 24.0 Å². The number of fused-ring (bicyclic) bond motifs is 5. The van der Waals surface area contributed by atoms with Crippen LogP contribution in [0.25, 0.3) is 0 Å². The fraction of sp³-hybridized carbons (Fsp3) is 0.842. The fourth-order valence-corrected chi connectivity index (χ4v) is 6.73. The summed E-state index contributed by atoms with van der Waals surface area (Å²) < 4.78 is 14.5. The van der Waals surface area contributed by atoms with E-state index >= 15 is 0 Å². The van der Waals surface area contributed by atoms with Crippen LogP contribution >= 0.6 is 0 Å². The molecule has 0 aromatic rings. The number of alkyl halides is 1. The second-order valence-corrected chi connectivity index (χ2v) is 8.80. The first-order valence-corrected chi connectivity index (χ1v) is 9.15. The maximum absolute atomic E-state index is 14.5. The van der Waals surface area contributed by atoms with Gasteiger partial charge in [0.15, 0.2) is 0 Å². The Hall–Kier alpha value is -0.900. The number of halogens is 1. The van der Waals surface area contributed by atoms with Gasteiger partial charge < -0.3 is 10.4 Å². The van der Waals surface area contributed by atoms with Crippen LogP contribution in [-0.2, 0) is 4.79 Å². The number of aliphatic hydroxyl groups is 1. The molecule has 3 nitrogen and oxygen atoms in total. The molecule has 1 aliphatic heterocycles. The van der Waals surface area contributed by atoms with Gasteiger partial charge in [0.25, 0.3) is 0 Å². The normalized spacial score (nSPS) is 54.9. The lowest BCUT2D eigenvalue weighted by Crippen LogP contribution is -2.59. The summed E-state index contributed by atoms with van der Waals surface area (Å²) in [5.41, 5.74) is -0.0541. The summed E-state index contributed by atoms with van der Waals surface area (Å²) in [7, 11) is 0. The highest BCUT2D eigenvalue weighted by atomic mass is 19.1. The zero-order valence-electron chi connectivity index (χ0n) is 14.1. The number of aliphatic hydroxyl groups excluding tert-OH is 1. The van der Waals surface area contributed by atoms with Crippen LogP contribution in [0.1, 0.15) is 46.0 Å². The summed E-state index contributed by atoms with van der Waals surface area (Å²) in [5, 5.41) is 12.9. The van der Waals surface area contributed by atoms with Gasteiger partial charge in [-0.1, -0.05) is 19.9 Å². The van der Waals surface area contributed by atoms with E-state index in [0.29, 0.717) is 24.2 Å². The van der Waals surface area contributed by atoms with Gasteiger partial charge >= 0.3 is 0 Å². The molecule has 0 radical (unpaired) electrons. The lowest BCUT2D eigenvalue weighted by Gasteiger charge is -2.58. The van der Waals surface area contributed by atoms with Gasteiger partial charge in [-0.15, -0.1) is 0 Å². The average Bonchev–Trinajstić information content (AvgIpc) is 2.77. The summed E-state index contributed by atoms with van der Waals surface area (Å²) in [5.74, 6) is 1.24. The first kappa shape index (κ1) is 15.6. The van der Waals surface area contributed by atoms with Crippen molar-refractivity contribution in [2.24, 2.45) is 34.5 Å². The Balaban J connectivity index is 1.67. The Morgan fingerprint density at radius 2 is 2.09 bits per heavy atom. The van der Waals surface area contributed by atoms with E-state index in [-0.39, 0.29) is 35.3 Å². The average molecular weight is 321 g/mol.